The van der Waals surface area contributed by atoms with E-state index in [9.17, 15) is 24.0 Å². The number of nitrogens with two attached hydrogens (primary N) is 1. The standard InChI is InChI=1S/C22H28N4O6/c1-12(2)10-15(24-19(28)14-9-7-6-8-13(14)3)21(30)32-11-16(27)17-18(23)25(4)22(31)26(5)20(17)29/h6-9,12,15H,10-11,23H2,1-5H3,(H,24,28)/t15-/m0/s1. The van der Waals surface area contributed by atoms with E-state index in [0.29, 0.717) is 5.56 Å². The second kappa shape index (κ2) is 10.1. The molecule has 0 aliphatic carbocycles. The molecule has 0 aliphatic heterocycles. The highest BCUT2D eigenvalue weighted by Crippen LogP contribution is 2.12. The number of nitrogen functional groups attached to an aromatic ring is 1. The van der Waals surface area contributed by atoms with Crippen LogP contribution in [0.1, 0.15) is 46.5 Å². The number of aryl methyl sites for hydroxylation is 1. The smallest absolute Gasteiger partial charge is 0.332 e. The van der Waals surface area contributed by atoms with Crippen LogP contribution < -0.4 is 22.3 Å². The number of carbonyl (C=O) groups is 3. The number of rotatable bonds is 8. The van der Waals surface area contributed by atoms with E-state index in [1.165, 1.54) is 14.1 Å². The van der Waals surface area contributed by atoms with Crippen LogP contribution in [-0.2, 0) is 23.6 Å². The van der Waals surface area contributed by atoms with Gasteiger partial charge in [-0.25, -0.2) is 9.59 Å². The maximum absolute atomic E-state index is 12.7. The van der Waals surface area contributed by atoms with Crippen LogP contribution in [0.5, 0.6) is 0 Å². The lowest BCUT2D eigenvalue weighted by molar-refractivity contribution is -0.145. The Hall–Kier alpha value is -3.69. The molecule has 3 N–H and O–H groups in total. The average molecular weight is 444 g/mol. The van der Waals surface area contributed by atoms with Crippen LogP contribution in [-0.4, -0.2) is 39.4 Å². The van der Waals surface area contributed by atoms with Gasteiger partial charge >= 0.3 is 11.7 Å². The Balaban J connectivity index is 2.18. The Bertz CT molecular complexity index is 1160. The van der Waals surface area contributed by atoms with Gasteiger partial charge in [0.25, 0.3) is 11.5 Å². The molecule has 10 nitrogen and oxygen atoms in total. The number of hydrogen-bond donors (Lipinski definition) is 2. The highest BCUT2D eigenvalue weighted by atomic mass is 16.5. The number of carbonyl (C=O) groups excluding carboxylic acids is 3. The van der Waals surface area contributed by atoms with Gasteiger partial charge in [0.2, 0.25) is 5.78 Å². The average Bonchev–Trinajstić information content (AvgIpc) is 2.74. The second-order valence-electron chi connectivity index (χ2n) is 7.97. The maximum atomic E-state index is 12.7. The van der Waals surface area contributed by atoms with Crippen molar-refractivity contribution in [3.8, 4) is 0 Å². The molecule has 2 rings (SSSR count). The number of nitrogens with zero attached hydrogens (tertiary/aromatic N) is 2. The van der Waals surface area contributed by atoms with E-state index >= 15 is 0 Å². The van der Waals surface area contributed by atoms with Crippen molar-refractivity contribution in [3.63, 3.8) is 0 Å². The van der Waals surface area contributed by atoms with Gasteiger partial charge in [-0.2, -0.15) is 0 Å². The number of ketones is 1. The molecule has 1 atom stereocenters. The van der Waals surface area contributed by atoms with E-state index in [4.69, 9.17) is 10.5 Å². The Morgan fingerprint density at radius 2 is 1.72 bits per heavy atom. The monoisotopic (exact) mass is 444 g/mol. The number of nitrogens with one attached hydrogen (secondary N) is 1. The Morgan fingerprint density at radius 1 is 1.09 bits per heavy atom. The first kappa shape index (κ1) is 24.6. The lowest BCUT2D eigenvalue weighted by atomic mass is 10.0. The minimum Gasteiger partial charge on any atom is -0.456 e. The predicted molar refractivity (Wildman–Crippen MR) is 119 cm³/mol. The molecule has 0 spiro atoms. The third-order valence-electron chi connectivity index (χ3n) is 5.02. The summed E-state index contributed by atoms with van der Waals surface area (Å²) in [5.74, 6) is -2.36. The molecule has 0 bridgehead atoms. The molecule has 1 heterocycles. The summed E-state index contributed by atoms with van der Waals surface area (Å²) in [7, 11) is 2.53. The summed E-state index contributed by atoms with van der Waals surface area (Å²) in [4.78, 5) is 62.1. The summed E-state index contributed by atoms with van der Waals surface area (Å²) in [5, 5.41) is 2.66. The van der Waals surface area contributed by atoms with E-state index in [0.717, 1.165) is 14.7 Å². The summed E-state index contributed by atoms with van der Waals surface area (Å²) in [6.07, 6.45) is 0.286. The third-order valence-corrected chi connectivity index (χ3v) is 5.02. The van der Waals surface area contributed by atoms with Crippen molar-refractivity contribution in [2.24, 2.45) is 20.0 Å². The number of aromatic nitrogens is 2. The van der Waals surface area contributed by atoms with Crippen molar-refractivity contribution in [2.45, 2.75) is 33.2 Å². The van der Waals surface area contributed by atoms with Crippen molar-refractivity contribution < 1.29 is 19.1 Å². The van der Waals surface area contributed by atoms with Crippen molar-refractivity contribution in [2.75, 3.05) is 12.3 Å². The van der Waals surface area contributed by atoms with Crippen molar-refractivity contribution >= 4 is 23.5 Å². The zero-order valence-corrected chi connectivity index (χ0v) is 18.8. The summed E-state index contributed by atoms with van der Waals surface area (Å²) >= 11 is 0. The lowest BCUT2D eigenvalue weighted by Crippen LogP contribution is -2.44. The quantitative estimate of drug-likeness (QED) is 0.447. The molecule has 0 aliphatic rings. The number of esters is 1. The van der Waals surface area contributed by atoms with Gasteiger partial charge in [-0.05, 0) is 30.9 Å². The van der Waals surface area contributed by atoms with Crippen LogP contribution in [0.3, 0.4) is 0 Å². The van der Waals surface area contributed by atoms with Crippen LogP contribution >= 0.6 is 0 Å². The van der Waals surface area contributed by atoms with Gasteiger partial charge in [0.15, 0.2) is 6.61 Å². The van der Waals surface area contributed by atoms with Gasteiger partial charge in [0.05, 0.1) is 0 Å². The van der Waals surface area contributed by atoms with Crippen molar-refractivity contribution in [1.29, 1.82) is 0 Å². The molecule has 2 aromatic rings. The largest absolute Gasteiger partial charge is 0.456 e. The predicted octanol–water partition coefficient (Wildman–Crippen LogP) is 0.545. The van der Waals surface area contributed by atoms with Gasteiger partial charge in [-0.1, -0.05) is 32.0 Å². The van der Waals surface area contributed by atoms with Gasteiger partial charge in [0.1, 0.15) is 17.4 Å². The Labute approximate surface area is 185 Å². The van der Waals surface area contributed by atoms with Gasteiger partial charge in [-0.3, -0.25) is 23.5 Å². The molecule has 1 aromatic carbocycles. The molecule has 0 fully saturated rings. The summed E-state index contributed by atoms with van der Waals surface area (Å²) in [6.45, 7) is 4.77. The highest BCUT2D eigenvalue weighted by molar-refractivity contribution is 6.02. The molecular formula is C22H28N4O6. The summed E-state index contributed by atoms with van der Waals surface area (Å²) < 4.78 is 6.82. The molecule has 0 saturated heterocycles. The molecule has 0 radical (unpaired) electrons. The van der Waals surface area contributed by atoms with Gasteiger partial charge in [0, 0.05) is 19.7 Å². The fraction of sp³-hybridized carbons (Fsp3) is 0.409. The SMILES string of the molecule is Cc1ccccc1C(=O)N[C@@H](CC(C)C)C(=O)OCC(=O)c1c(N)n(C)c(=O)n(C)c1=O. The van der Waals surface area contributed by atoms with Crippen molar-refractivity contribution in [3.05, 3.63) is 61.8 Å². The van der Waals surface area contributed by atoms with Crippen LogP contribution in [0.2, 0.25) is 0 Å². The molecule has 32 heavy (non-hydrogen) atoms. The number of hydrogen-bond acceptors (Lipinski definition) is 7. The van der Waals surface area contributed by atoms with Gasteiger partial charge < -0.3 is 15.8 Å². The zero-order chi connectivity index (χ0) is 24.2. The third kappa shape index (κ3) is 5.32. The van der Waals surface area contributed by atoms with Crippen molar-refractivity contribution in [1.82, 2.24) is 14.5 Å². The van der Waals surface area contributed by atoms with E-state index < -0.39 is 47.1 Å². The number of anilines is 1. The lowest BCUT2D eigenvalue weighted by Gasteiger charge is -2.20. The first-order chi connectivity index (χ1) is 15.0. The fourth-order valence-electron chi connectivity index (χ4n) is 3.18. The molecule has 172 valence electrons. The number of ether oxygens (including phenoxy) is 1. The van der Waals surface area contributed by atoms with E-state index in [1.807, 2.05) is 13.8 Å². The number of Topliss-reactive ketones (excluding diaryl/α,β-unsaturated/α-hetero) is 1. The first-order valence-corrected chi connectivity index (χ1v) is 10.1. The minimum atomic E-state index is -0.991. The topological polar surface area (TPSA) is 142 Å². The Kier molecular flexibility index (Phi) is 7.74. The van der Waals surface area contributed by atoms with Crippen LogP contribution in [0.4, 0.5) is 5.82 Å². The fourth-order valence-corrected chi connectivity index (χ4v) is 3.18. The number of benzene rings is 1. The zero-order valence-electron chi connectivity index (χ0n) is 18.8. The molecule has 0 saturated carbocycles. The Morgan fingerprint density at radius 3 is 2.31 bits per heavy atom. The summed E-state index contributed by atoms with van der Waals surface area (Å²) in [6, 6.07) is 5.95. The van der Waals surface area contributed by atoms with Crippen LogP contribution in [0.15, 0.2) is 33.9 Å². The minimum absolute atomic E-state index is 0.0482. The molecule has 0 unspecified atom stereocenters. The molecular weight excluding hydrogens is 416 g/mol. The van der Waals surface area contributed by atoms with Crippen LogP contribution in [0.25, 0.3) is 0 Å². The molecule has 1 amide bonds. The van der Waals surface area contributed by atoms with E-state index in [-0.39, 0.29) is 18.2 Å². The second-order valence-corrected chi connectivity index (χ2v) is 7.97. The maximum Gasteiger partial charge on any atom is 0.332 e. The normalized spacial score (nSPS) is 11.8. The van der Waals surface area contributed by atoms with Gasteiger partial charge in [-0.15, -0.1) is 0 Å². The number of amides is 1. The van der Waals surface area contributed by atoms with Crippen LogP contribution in [0, 0.1) is 12.8 Å². The highest BCUT2D eigenvalue weighted by Gasteiger charge is 2.27. The summed E-state index contributed by atoms with van der Waals surface area (Å²) in [5.41, 5.74) is 4.93. The van der Waals surface area contributed by atoms with E-state index in [1.54, 1.807) is 31.2 Å². The van der Waals surface area contributed by atoms with E-state index in [2.05, 4.69) is 5.32 Å². The molecule has 1 aromatic heterocycles. The molecule has 10 heteroatoms. The first-order valence-electron chi connectivity index (χ1n) is 10.1.